The highest BCUT2D eigenvalue weighted by atomic mass is 32.2. The van der Waals surface area contributed by atoms with E-state index >= 15 is 0 Å². The van der Waals surface area contributed by atoms with Crippen LogP contribution in [0, 0.1) is 6.92 Å². The van der Waals surface area contributed by atoms with Gasteiger partial charge in [0.05, 0.1) is 16.3 Å². The molecule has 4 rings (SSSR count). The van der Waals surface area contributed by atoms with Crippen molar-refractivity contribution in [1.29, 1.82) is 0 Å². The molecule has 5 nitrogen and oxygen atoms in total. The van der Waals surface area contributed by atoms with Crippen molar-refractivity contribution in [1.82, 2.24) is 5.16 Å². The Hall–Kier alpha value is -2.60. The Morgan fingerprint density at radius 1 is 1.19 bits per heavy atom. The van der Waals surface area contributed by atoms with Gasteiger partial charge in [-0.2, -0.15) is 0 Å². The Kier molecular flexibility index (Phi) is 4.30. The second-order valence-electron chi connectivity index (χ2n) is 6.99. The molecule has 0 amide bonds. The summed E-state index contributed by atoms with van der Waals surface area (Å²) in [5, 5.41) is 3.91. The zero-order valence-corrected chi connectivity index (χ0v) is 16.5. The predicted octanol–water partition coefficient (Wildman–Crippen LogP) is 4.35. The third-order valence-corrected chi connectivity index (χ3v) is 7.05. The van der Waals surface area contributed by atoms with Crippen molar-refractivity contribution in [2.75, 3.05) is 4.31 Å². The maximum absolute atomic E-state index is 13.7. The molecule has 2 aromatic carbocycles. The molecule has 6 heteroatoms. The minimum Gasteiger partial charge on any atom is -0.356 e. The lowest BCUT2D eigenvalue weighted by Gasteiger charge is -2.26. The average Bonchev–Trinajstić information content (AvgIpc) is 3.23. The summed E-state index contributed by atoms with van der Waals surface area (Å²) < 4.78 is 34.2. The van der Waals surface area contributed by atoms with Gasteiger partial charge in [0.25, 0.3) is 10.0 Å². The number of aromatic nitrogens is 1. The molecule has 3 aromatic rings. The van der Waals surface area contributed by atoms with E-state index in [-0.39, 0.29) is 6.04 Å². The summed E-state index contributed by atoms with van der Waals surface area (Å²) in [7, 11) is -3.70. The molecule has 0 unspecified atom stereocenters. The second-order valence-corrected chi connectivity index (χ2v) is 8.77. The fourth-order valence-electron chi connectivity index (χ4n) is 3.75. The van der Waals surface area contributed by atoms with Crippen molar-refractivity contribution in [2.45, 2.75) is 44.6 Å². The lowest BCUT2D eigenvalue weighted by molar-refractivity contribution is 0.427. The van der Waals surface area contributed by atoms with Crippen molar-refractivity contribution in [3.05, 3.63) is 65.4 Å². The number of benzene rings is 2. The first-order valence-corrected chi connectivity index (χ1v) is 10.5. The van der Waals surface area contributed by atoms with Gasteiger partial charge in [-0.3, -0.25) is 4.31 Å². The van der Waals surface area contributed by atoms with Crippen LogP contribution in [0.2, 0.25) is 0 Å². The molecule has 0 aliphatic carbocycles. The van der Waals surface area contributed by atoms with Crippen molar-refractivity contribution < 1.29 is 12.9 Å². The van der Waals surface area contributed by atoms with Crippen LogP contribution in [0.25, 0.3) is 11.3 Å². The molecule has 27 heavy (non-hydrogen) atoms. The lowest BCUT2D eigenvalue weighted by Crippen LogP contribution is -2.36. The number of hydrogen-bond acceptors (Lipinski definition) is 4. The highest BCUT2D eigenvalue weighted by Gasteiger charge is 2.37. The number of rotatable bonds is 4. The molecule has 140 valence electrons. The Morgan fingerprint density at radius 2 is 1.96 bits per heavy atom. The van der Waals surface area contributed by atoms with E-state index in [0.29, 0.717) is 22.6 Å². The SMILES string of the molecule is CCc1ccc(-c2cc(C)no2)cc1S(=O)(=O)N1c2ccccc2C[C@@H]1C. The van der Waals surface area contributed by atoms with Crippen molar-refractivity contribution in [3.8, 4) is 11.3 Å². The summed E-state index contributed by atoms with van der Waals surface area (Å²) in [4.78, 5) is 0.333. The zero-order chi connectivity index (χ0) is 19.2. The highest BCUT2D eigenvalue weighted by Crippen LogP contribution is 2.38. The molecule has 0 fully saturated rings. The van der Waals surface area contributed by atoms with Crippen LogP contribution in [-0.4, -0.2) is 19.6 Å². The summed E-state index contributed by atoms with van der Waals surface area (Å²) in [5.41, 5.74) is 4.11. The van der Waals surface area contributed by atoms with E-state index in [0.717, 1.165) is 28.9 Å². The van der Waals surface area contributed by atoms with Crippen molar-refractivity contribution >= 4 is 15.7 Å². The molecular weight excluding hydrogens is 360 g/mol. The Morgan fingerprint density at radius 3 is 2.67 bits per heavy atom. The average molecular weight is 382 g/mol. The lowest BCUT2D eigenvalue weighted by atomic mass is 10.1. The summed E-state index contributed by atoms with van der Waals surface area (Å²) >= 11 is 0. The van der Waals surface area contributed by atoms with Crippen molar-refractivity contribution in [2.24, 2.45) is 0 Å². The molecule has 0 saturated heterocycles. The summed E-state index contributed by atoms with van der Waals surface area (Å²) in [6.07, 6.45) is 1.35. The van der Waals surface area contributed by atoms with Gasteiger partial charge in [-0.15, -0.1) is 0 Å². The quantitative estimate of drug-likeness (QED) is 0.673. The number of anilines is 1. The number of fused-ring (bicyclic) bond motifs is 1. The third-order valence-electron chi connectivity index (χ3n) is 5.04. The smallest absolute Gasteiger partial charge is 0.264 e. The van der Waals surface area contributed by atoms with Crippen LogP contribution in [0.4, 0.5) is 5.69 Å². The molecule has 1 atom stereocenters. The molecule has 1 aliphatic heterocycles. The van der Waals surface area contributed by atoms with Crippen LogP contribution >= 0.6 is 0 Å². The third kappa shape index (κ3) is 2.94. The highest BCUT2D eigenvalue weighted by molar-refractivity contribution is 7.93. The van der Waals surface area contributed by atoms with Gasteiger partial charge < -0.3 is 4.52 Å². The molecule has 1 aromatic heterocycles. The first-order valence-electron chi connectivity index (χ1n) is 9.10. The van der Waals surface area contributed by atoms with Gasteiger partial charge in [0.15, 0.2) is 5.76 Å². The minimum absolute atomic E-state index is 0.117. The van der Waals surface area contributed by atoms with E-state index in [9.17, 15) is 8.42 Å². The topological polar surface area (TPSA) is 63.4 Å². The van der Waals surface area contributed by atoms with Crippen LogP contribution in [0.15, 0.2) is 57.9 Å². The van der Waals surface area contributed by atoms with E-state index in [1.807, 2.05) is 63.2 Å². The number of para-hydroxylation sites is 1. The standard InChI is InChI=1S/C21H22N2O3S/c1-4-16-9-10-18(20-11-14(2)22-26-20)13-21(16)27(24,25)23-15(3)12-17-7-5-6-8-19(17)23/h5-11,13,15H,4,12H2,1-3H3/t15-/m0/s1. The van der Waals surface area contributed by atoms with E-state index < -0.39 is 10.0 Å². The number of nitrogens with zero attached hydrogens (tertiary/aromatic N) is 2. The number of aryl methyl sites for hydroxylation is 2. The first kappa shape index (κ1) is 17.8. The summed E-state index contributed by atoms with van der Waals surface area (Å²) in [5.74, 6) is 0.571. The normalized spacial score (nSPS) is 16.6. The van der Waals surface area contributed by atoms with Crippen LogP contribution < -0.4 is 4.31 Å². The van der Waals surface area contributed by atoms with E-state index in [1.54, 1.807) is 10.4 Å². The summed E-state index contributed by atoms with van der Waals surface area (Å²) in [6.45, 7) is 5.76. The zero-order valence-electron chi connectivity index (χ0n) is 15.6. The largest absolute Gasteiger partial charge is 0.356 e. The van der Waals surface area contributed by atoms with Gasteiger partial charge in [-0.1, -0.05) is 42.4 Å². The van der Waals surface area contributed by atoms with Crippen LogP contribution in [-0.2, 0) is 22.9 Å². The van der Waals surface area contributed by atoms with E-state index in [1.165, 1.54) is 0 Å². The van der Waals surface area contributed by atoms with Crippen LogP contribution in [0.3, 0.4) is 0 Å². The molecule has 0 spiro atoms. The monoisotopic (exact) mass is 382 g/mol. The Balaban J connectivity index is 1.86. The van der Waals surface area contributed by atoms with Gasteiger partial charge >= 0.3 is 0 Å². The molecule has 1 aliphatic rings. The number of hydrogen-bond donors (Lipinski definition) is 0. The van der Waals surface area contributed by atoms with Crippen molar-refractivity contribution in [3.63, 3.8) is 0 Å². The van der Waals surface area contributed by atoms with Gasteiger partial charge in [-0.25, -0.2) is 8.42 Å². The number of sulfonamides is 1. The fourth-order valence-corrected chi connectivity index (χ4v) is 5.77. The fraction of sp³-hybridized carbons (Fsp3) is 0.286. The Bertz CT molecular complexity index is 1100. The Labute approximate surface area is 159 Å². The molecule has 0 bridgehead atoms. The minimum atomic E-state index is -3.70. The van der Waals surface area contributed by atoms with Gasteiger partial charge in [0.1, 0.15) is 0 Å². The van der Waals surface area contributed by atoms with E-state index in [2.05, 4.69) is 5.16 Å². The molecule has 2 heterocycles. The maximum Gasteiger partial charge on any atom is 0.264 e. The molecule has 0 N–H and O–H groups in total. The first-order chi connectivity index (χ1) is 12.9. The molecule has 0 saturated carbocycles. The van der Waals surface area contributed by atoms with Crippen LogP contribution in [0.1, 0.15) is 30.7 Å². The van der Waals surface area contributed by atoms with E-state index in [4.69, 9.17) is 4.52 Å². The van der Waals surface area contributed by atoms with Crippen LogP contribution in [0.5, 0.6) is 0 Å². The molecular formula is C21H22N2O3S. The maximum atomic E-state index is 13.7. The molecule has 0 radical (unpaired) electrons. The summed E-state index contributed by atoms with van der Waals surface area (Å²) in [6, 6.07) is 14.9. The van der Waals surface area contributed by atoms with Gasteiger partial charge in [0.2, 0.25) is 0 Å². The van der Waals surface area contributed by atoms with Gasteiger partial charge in [-0.05, 0) is 49.9 Å². The predicted molar refractivity (Wildman–Crippen MR) is 105 cm³/mol. The van der Waals surface area contributed by atoms with Gasteiger partial charge in [0, 0.05) is 17.7 Å². The second kappa shape index (κ2) is 6.53.